The fraction of sp³-hybridized carbons (Fsp3) is 0.500. The van der Waals surface area contributed by atoms with Crippen molar-refractivity contribution in [1.29, 1.82) is 0 Å². The zero-order chi connectivity index (χ0) is 19.9. The van der Waals surface area contributed by atoms with Gasteiger partial charge in [0.25, 0.3) is 10.0 Å². The Hall–Kier alpha value is -1.42. The van der Waals surface area contributed by atoms with E-state index < -0.39 is 20.7 Å². The van der Waals surface area contributed by atoms with Gasteiger partial charge in [-0.3, -0.25) is 9.62 Å². The molecular weight excluding hydrogens is 423 g/mol. The molecule has 4 rings (SSSR count). The molecule has 0 unspecified atom stereocenters. The van der Waals surface area contributed by atoms with E-state index in [9.17, 15) is 12.8 Å². The van der Waals surface area contributed by atoms with E-state index in [1.807, 2.05) is 0 Å². The maximum Gasteiger partial charge on any atom is 0.266 e. The molecule has 0 saturated carbocycles. The smallest absolute Gasteiger partial charge is 0.266 e. The summed E-state index contributed by atoms with van der Waals surface area (Å²) < 4.78 is 41.8. The number of benzene rings is 1. The molecule has 2 saturated heterocycles. The van der Waals surface area contributed by atoms with Crippen LogP contribution in [0.25, 0.3) is 0 Å². The summed E-state index contributed by atoms with van der Waals surface area (Å²) in [6, 6.07) is 2.31. The monoisotopic (exact) mass is 444 g/mol. The van der Waals surface area contributed by atoms with E-state index in [0.29, 0.717) is 18.2 Å². The highest BCUT2D eigenvalue weighted by molar-refractivity contribution is 7.93. The quantitative estimate of drug-likeness (QED) is 0.703. The van der Waals surface area contributed by atoms with Gasteiger partial charge in [-0.25, -0.2) is 17.8 Å². The lowest BCUT2D eigenvalue weighted by atomic mass is 9.90. The summed E-state index contributed by atoms with van der Waals surface area (Å²) in [7, 11) is -4.10. The zero-order valence-corrected chi connectivity index (χ0v) is 17.8. The molecule has 0 radical (unpaired) electrons. The number of hydrogen-bond donors (Lipinski definition) is 2. The van der Waals surface area contributed by atoms with Gasteiger partial charge in [0.05, 0.1) is 10.7 Å². The number of fused-ring (bicyclic) bond motifs is 1. The first-order valence-corrected chi connectivity index (χ1v) is 11.9. The summed E-state index contributed by atoms with van der Waals surface area (Å²) in [5.41, 5.74) is 0.490. The molecule has 6 nitrogen and oxygen atoms in total. The van der Waals surface area contributed by atoms with E-state index in [-0.39, 0.29) is 15.7 Å². The number of rotatable bonds is 6. The normalized spacial score (nSPS) is 25.0. The van der Waals surface area contributed by atoms with Crippen molar-refractivity contribution in [3.8, 4) is 0 Å². The van der Waals surface area contributed by atoms with Gasteiger partial charge in [0.2, 0.25) is 0 Å². The van der Waals surface area contributed by atoms with Gasteiger partial charge in [0.1, 0.15) is 10.7 Å². The fourth-order valence-electron chi connectivity index (χ4n) is 4.45. The van der Waals surface area contributed by atoms with Crippen LogP contribution in [0.15, 0.2) is 28.6 Å². The molecule has 0 spiro atoms. The predicted octanol–water partition coefficient (Wildman–Crippen LogP) is 4.02. The maximum absolute atomic E-state index is 14.6. The first-order chi connectivity index (χ1) is 13.3. The topological polar surface area (TPSA) is 74.3 Å². The molecule has 0 aliphatic carbocycles. The van der Waals surface area contributed by atoms with E-state index in [1.54, 1.807) is 5.38 Å². The van der Waals surface area contributed by atoms with Crippen LogP contribution in [0.5, 0.6) is 0 Å². The van der Waals surface area contributed by atoms with E-state index in [1.165, 1.54) is 6.20 Å². The van der Waals surface area contributed by atoms with Gasteiger partial charge in [0.15, 0.2) is 5.13 Å². The van der Waals surface area contributed by atoms with Crippen molar-refractivity contribution >= 4 is 43.8 Å². The SMILES string of the molecule is C[C@H]1CN2CCC[C@@]2(CNc2cc(F)c(S(=O)(=O)Nc3nccs3)cc2Cl)C1. The minimum Gasteiger partial charge on any atom is -0.382 e. The highest BCUT2D eigenvalue weighted by atomic mass is 35.5. The van der Waals surface area contributed by atoms with Crippen molar-refractivity contribution in [3.05, 3.63) is 34.5 Å². The lowest BCUT2D eigenvalue weighted by Gasteiger charge is -2.32. The van der Waals surface area contributed by atoms with E-state index >= 15 is 0 Å². The summed E-state index contributed by atoms with van der Waals surface area (Å²) in [5, 5.41) is 5.24. The third-order valence-corrected chi connectivity index (χ3v) is 8.06. The second-order valence-electron chi connectivity index (χ2n) is 7.64. The number of hydrogen-bond acceptors (Lipinski definition) is 6. The van der Waals surface area contributed by atoms with Crippen molar-refractivity contribution in [2.75, 3.05) is 29.7 Å². The average Bonchev–Trinajstić information content (AvgIpc) is 3.31. The lowest BCUT2D eigenvalue weighted by molar-refractivity contribution is 0.209. The molecule has 2 atom stereocenters. The number of thiazole rings is 1. The highest BCUT2D eigenvalue weighted by Gasteiger charge is 2.46. The van der Waals surface area contributed by atoms with E-state index in [0.717, 1.165) is 55.8 Å². The van der Waals surface area contributed by atoms with Crippen LogP contribution in [-0.2, 0) is 10.0 Å². The Morgan fingerprint density at radius 1 is 1.46 bits per heavy atom. The van der Waals surface area contributed by atoms with E-state index in [2.05, 4.69) is 26.8 Å². The van der Waals surface area contributed by atoms with Crippen molar-refractivity contribution in [3.63, 3.8) is 0 Å². The summed E-state index contributed by atoms with van der Waals surface area (Å²) in [4.78, 5) is 5.88. The number of sulfonamides is 1. The number of anilines is 2. The Labute approximate surface area is 173 Å². The second kappa shape index (κ2) is 7.44. The third kappa shape index (κ3) is 3.72. The van der Waals surface area contributed by atoms with Crippen molar-refractivity contribution in [2.24, 2.45) is 5.92 Å². The van der Waals surface area contributed by atoms with Crippen LogP contribution in [0.1, 0.15) is 26.2 Å². The number of aromatic nitrogens is 1. The Kier molecular flexibility index (Phi) is 5.28. The van der Waals surface area contributed by atoms with Crippen LogP contribution in [0, 0.1) is 11.7 Å². The number of halogens is 2. The third-order valence-electron chi connectivity index (χ3n) is 5.57. The van der Waals surface area contributed by atoms with Crippen LogP contribution in [0.4, 0.5) is 15.2 Å². The van der Waals surface area contributed by atoms with Crippen molar-refractivity contribution < 1.29 is 12.8 Å². The molecule has 1 aromatic heterocycles. The largest absolute Gasteiger partial charge is 0.382 e. The van der Waals surface area contributed by atoms with Gasteiger partial charge in [0, 0.05) is 30.2 Å². The molecule has 2 aliphatic rings. The van der Waals surface area contributed by atoms with Gasteiger partial charge in [-0.15, -0.1) is 11.3 Å². The summed E-state index contributed by atoms with van der Waals surface area (Å²) in [5.74, 6) is -0.213. The molecule has 2 fully saturated rings. The summed E-state index contributed by atoms with van der Waals surface area (Å²) in [6.45, 7) is 5.10. The molecule has 0 amide bonds. The van der Waals surface area contributed by atoms with Gasteiger partial charge >= 0.3 is 0 Å². The fourth-order valence-corrected chi connectivity index (χ4v) is 6.62. The van der Waals surface area contributed by atoms with Gasteiger partial charge in [-0.05, 0) is 43.9 Å². The van der Waals surface area contributed by atoms with Crippen molar-refractivity contribution in [1.82, 2.24) is 9.88 Å². The molecule has 10 heteroatoms. The molecule has 152 valence electrons. The summed E-state index contributed by atoms with van der Waals surface area (Å²) >= 11 is 7.41. The first-order valence-electron chi connectivity index (χ1n) is 9.19. The molecule has 1 aromatic carbocycles. The Bertz CT molecular complexity index is 970. The van der Waals surface area contributed by atoms with Gasteiger partial charge < -0.3 is 5.32 Å². The van der Waals surface area contributed by atoms with Crippen LogP contribution < -0.4 is 10.0 Å². The first kappa shape index (κ1) is 19.9. The average molecular weight is 445 g/mol. The standard InChI is InChI=1S/C18H22ClFN4O2S2/c1-12-9-18(3-2-5-24(18)10-12)11-22-15-8-14(20)16(7-13(15)19)28(25,26)23-17-21-4-6-27-17/h4,6-8,12,22H,2-3,5,9-11H2,1H3,(H,21,23)/t12-,18+/m1/s1. The second-order valence-corrected chi connectivity index (χ2v) is 10.6. The lowest BCUT2D eigenvalue weighted by Crippen LogP contribution is -2.44. The molecule has 0 bridgehead atoms. The maximum atomic E-state index is 14.6. The molecule has 3 heterocycles. The minimum absolute atomic E-state index is 0.0797. The Morgan fingerprint density at radius 3 is 3.04 bits per heavy atom. The number of nitrogens with zero attached hydrogens (tertiary/aromatic N) is 2. The van der Waals surface area contributed by atoms with Crippen LogP contribution in [0.2, 0.25) is 5.02 Å². The van der Waals surface area contributed by atoms with E-state index in [4.69, 9.17) is 11.6 Å². The Balaban J connectivity index is 1.53. The van der Waals surface area contributed by atoms with Gasteiger partial charge in [-0.2, -0.15) is 0 Å². The molecule has 28 heavy (non-hydrogen) atoms. The van der Waals surface area contributed by atoms with Crippen LogP contribution in [0.3, 0.4) is 0 Å². The van der Waals surface area contributed by atoms with Crippen LogP contribution in [-0.4, -0.2) is 43.5 Å². The van der Waals surface area contributed by atoms with Gasteiger partial charge in [-0.1, -0.05) is 18.5 Å². The Morgan fingerprint density at radius 2 is 2.29 bits per heavy atom. The number of nitrogens with one attached hydrogen (secondary N) is 2. The minimum atomic E-state index is -4.10. The predicted molar refractivity (Wildman–Crippen MR) is 110 cm³/mol. The highest BCUT2D eigenvalue weighted by Crippen LogP contribution is 2.42. The molecule has 2 aromatic rings. The zero-order valence-electron chi connectivity index (χ0n) is 15.4. The molecule has 2 aliphatic heterocycles. The molecule has 2 N–H and O–H groups in total. The molecular formula is C18H22ClFN4O2S2. The van der Waals surface area contributed by atoms with Crippen molar-refractivity contribution in [2.45, 2.75) is 36.6 Å². The van der Waals surface area contributed by atoms with Crippen LogP contribution >= 0.6 is 22.9 Å². The summed E-state index contributed by atoms with van der Waals surface area (Å²) in [6.07, 6.45) is 4.84.